The molecule has 0 radical (unpaired) electrons. The molecule has 146 valence electrons. The largest absolute Gasteiger partial charge is 0.427 e. The van der Waals surface area contributed by atoms with Gasteiger partial charge in [-0.15, -0.1) is 0 Å². The SMILES string of the molecule is CC(=O)Oc1cccc(C(=O)Nc2ccccc2NC(=O)c2ccccc2C)c1. The van der Waals surface area contributed by atoms with E-state index >= 15 is 0 Å². The molecule has 0 heterocycles. The van der Waals surface area contributed by atoms with Crippen LogP contribution in [0.3, 0.4) is 0 Å². The smallest absolute Gasteiger partial charge is 0.308 e. The van der Waals surface area contributed by atoms with Gasteiger partial charge < -0.3 is 15.4 Å². The molecule has 29 heavy (non-hydrogen) atoms. The molecule has 3 aromatic carbocycles. The summed E-state index contributed by atoms with van der Waals surface area (Å²) in [6.07, 6.45) is 0. The van der Waals surface area contributed by atoms with Gasteiger partial charge in [-0.25, -0.2) is 0 Å². The van der Waals surface area contributed by atoms with Crippen molar-refractivity contribution in [2.75, 3.05) is 10.6 Å². The first-order valence-electron chi connectivity index (χ1n) is 9.00. The maximum atomic E-state index is 12.6. The first-order chi connectivity index (χ1) is 13.9. The first-order valence-corrected chi connectivity index (χ1v) is 9.00. The third-order valence-electron chi connectivity index (χ3n) is 4.17. The van der Waals surface area contributed by atoms with Gasteiger partial charge in [-0.1, -0.05) is 36.4 Å². The third kappa shape index (κ3) is 5.07. The number of esters is 1. The number of carbonyl (C=O) groups is 3. The number of para-hydroxylation sites is 2. The average molecular weight is 388 g/mol. The summed E-state index contributed by atoms with van der Waals surface area (Å²) in [5, 5.41) is 5.62. The van der Waals surface area contributed by atoms with Crippen LogP contribution in [0.1, 0.15) is 33.2 Å². The van der Waals surface area contributed by atoms with Crippen LogP contribution in [0, 0.1) is 6.92 Å². The fraction of sp³-hybridized carbons (Fsp3) is 0.0870. The van der Waals surface area contributed by atoms with E-state index in [4.69, 9.17) is 4.74 Å². The van der Waals surface area contributed by atoms with Gasteiger partial charge in [0, 0.05) is 18.1 Å². The summed E-state index contributed by atoms with van der Waals surface area (Å²) in [6, 6.07) is 20.5. The number of aryl methyl sites for hydroxylation is 1. The molecule has 3 rings (SSSR count). The third-order valence-corrected chi connectivity index (χ3v) is 4.17. The number of ether oxygens (including phenoxy) is 1. The second-order valence-corrected chi connectivity index (χ2v) is 6.39. The molecule has 6 nitrogen and oxygen atoms in total. The summed E-state index contributed by atoms with van der Waals surface area (Å²) < 4.78 is 5.02. The minimum atomic E-state index is -0.466. The van der Waals surface area contributed by atoms with Gasteiger partial charge in [0.25, 0.3) is 11.8 Å². The molecule has 0 unspecified atom stereocenters. The molecule has 0 atom stereocenters. The summed E-state index contributed by atoms with van der Waals surface area (Å²) in [4.78, 5) is 36.4. The number of carbonyl (C=O) groups excluding carboxylic acids is 3. The van der Waals surface area contributed by atoms with E-state index in [1.54, 1.807) is 54.6 Å². The van der Waals surface area contributed by atoms with E-state index in [2.05, 4.69) is 10.6 Å². The molecule has 6 heteroatoms. The predicted octanol–water partition coefficient (Wildman–Crippen LogP) is 4.42. The van der Waals surface area contributed by atoms with Crippen LogP contribution in [0.5, 0.6) is 5.75 Å². The van der Waals surface area contributed by atoms with E-state index in [9.17, 15) is 14.4 Å². The van der Waals surface area contributed by atoms with Gasteiger partial charge in [0.2, 0.25) is 0 Å². The minimum absolute atomic E-state index is 0.262. The molecule has 0 aliphatic rings. The number of hydrogen-bond donors (Lipinski definition) is 2. The molecule has 0 saturated carbocycles. The van der Waals surface area contributed by atoms with Crippen molar-refractivity contribution >= 4 is 29.2 Å². The quantitative estimate of drug-likeness (QED) is 0.500. The zero-order valence-corrected chi connectivity index (χ0v) is 16.1. The summed E-state index contributed by atoms with van der Waals surface area (Å²) in [5.74, 6) is -0.837. The Kier molecular flexibility index (Phi) is 6.04. The molecule has 0 bridgehead atoms. The summed E-state index contributed by atoms with van der Waals surface area (Å²) in [6.45, 7) is 3.15. The van der Waals surface area contributed by atoms with Crippen molar-refractivity contribution in [1.29, 1.82) is 0 Å². The van der Waals surface area contributed by atoms with Crippen LogP contribution >= 0.6 is 0 Å². The van der Waals surface area contributed by atoms with Gasteiger partial charge in [0.05, 0.1) is 11.4 Å². The molecule has 0 saturated heterocycles. The number of rotatable bonds is 5. The fourth-order valence-electron chi connectivity index (χ4n) is 2.78. The molecule has 0 aromatic heterocycles. The first kappa shape index (κ1) is 19.8. The second kappa shape index (κ2) is 8.84. The Labute approximate surface area is 168 Å². The highest BCUT2D eigenvalue weighted by atomic mass is 16.5. The molecule has 2 N–H and O–H groups in total. The van der Waals surface area contributed by atoms with Crippen LogP contribution < -0.4 is 15.4 Å². The van der Waals surface area contributed by atoms with Gasteiger partial charge in [0.1, 0.15) is 5.75 Å². The van der Waals surface area contributed by atoms with Gasteiger partial charge >= 0.3 is 5.97 Å². The Morgan fingerprint density at radius 3 is 2.03 bits per heavy atom. The topological polar surface area (TPSA) is 84.5 Å². The van der Waals surface area contributed by atoms with E-state index in [0.29, 0.717) is 22.5 Å². The summed E-state index contributed by atoms with van der Waals surface area (Å²) >= 11 is 0. The molecular formula is C23H20N2O4. The zero-order chi connectivity index (χ0) is 20.8. The Balaban J connectivity index is 1.79. The number of amides is 2. The van der Waals surface area contributed by atoms with E-state index in [1.165, 1.54) is 13.0 Å². The van der Waals surface area contributed by atoms with Gasteiger partial charge in [-0.3, -0.25) is 14.4 Å². The van der Waals surface area contributed by atoms with Gasteiger partial charge in [-0.2, -0.15) is 0 Å². The lowest BCUT2D eigenvalue weighted by Gasteiger charge is -2.13. The van der Waals surface area contributed by atoms with Crippen molar-refractivity contribution in [3.05, 3.63) is 89.5 Å². The lowest BCUT2D eigenvalue weighted by atomic mass is 10.1. The number of benzene rings is 3. The van der Waals surface area contributed by atoms with Crippen molar-refractivity contribution in [3.63, 3.8) is 0 Å². The Hall–Kier alpha value is -3.93. The monoisotopic (exact) mass is 388 g/mol. The van der Waals surface area contributed by atoms with E-state index in [1.807, 2.05) is 19.1 Å². The predicted molar refractivity (Wildman–Crippen MR) is 111 cm³/mol. The Morgan fingerprint density at radius 2 is 1.38 bits per heavy atom. The van der Waals surface area contributed by atoms with Crippen molar-refractivity contribution in [3.8, 4) is 5.75 Å². The van der Waals surface area contributed by atoms with Crippen LogP contribution in [0.2, 0.25) is 0 Å². The zero-order valence-electron chi connectivity index (χ0n) is 16.1. The van der Waals surface area contributed by atoms with Crippen LogP contribution in [0.25, 0.3) is 0 Å². The average Bonchev–Trinajstić information content (AvgIpc) is 2.69. The van der Waals surface area contributed by atoms with E-state index < -0.39 is 11.9 Å². The van der Waals surface area contributed by atoms with Crippen LogP contribution in [-0.4, -0.2) is 17.8 Å². The molecule has 3 aromatic rings. The summed E-state index contributed by atoms with van der Waals surface area (Å²) in [5.41, 5.74) is 2.67. The van der Waals surface area contributed by atoms with E-state index in [-0.39, 0.29) is 11.7 Å². The molecule has 0 aliphatic heterocycles. The fourth-order valence-corrected chi connectivity index (χ4v) is 2.78. The highest BCUT2D eigenvalue weighted by Crippen LogP contribution is 2.24. The maximum absolute atomic E-state index is 12.6. The Bertz CT molecular complexity index is 1080. The van der Waals surface area contributed by atoms with Crippen LogP contribution in [0.4, 0.5) is 11.4 Å². The van der Waals surface area contributed by atoms with Crippen molar-refractivity contribution in [2.45, 2.75) is 13.8 Å². The molecule has 0 aliphatic carbocycles. The van der Waals surface area contributed by atoms with Crippen molar-refractivity contribution < 1.29 is 19.1 Å². The van der Waals surface area contributed by atoms with Crippen LogP contribution in [-0.2, 0) is 4.79 Å². The lowest BCUT2D eigenvalue weighted by molar-refractivity contribution is -0.131. The Morgan fingerprint density at radius 1 is 0.759 bits per heavy atom. The van der Waals surface area contributed by atoms with Gasteiger partial charge in [-0.05, 0) is 48.9 Å². The summed E-state index contributed by atoms with van der Waals surface area (Å²) in [7, 11) is 0. The second-order valence-electron chi connectivity index (χ2n) is 6.39. The van der Waals surface area contributed by atoms with Crippen LogP contribution in [0.15, 0.2) is 72.8 Å². The van der Waals surface area contributed by atoms with Gasteiger partial charge in [0.15, 0.2) is 0 Å². The lowest BCUT2D eigenvalue weighted by Crippen LogP contribution is -2.17. The molecule has 0 spiro atoms. The molecule has 2 amide bonds. The highest BCUT2D eigenvalue weighted by Gasteiger charge is 2.14. The molecule has 0 fully saturated rings. The number of hydrogen-bond acceptors (Lipinski definition) is 4. The van der Waals surface area contributed by atoms with E-state index in [0.717, 1.165) is 5.56 Å². The number of nitrogens with one attached hydrogen (secondary N) is 2. The maximum Gasteiger partial charge on any atom is 0.308 e. The highest BCUT2D eigenvalue weighted by molar-refractivity contribution is 6.10. The molecular weight excluding hydrogens is 368 g/mol. The minimum Gasteiger partial charge on any atom is -0.427 e. The number of anilines is 2. The normalized spacial score (nSPS) is 10.1. The van der Waals surface area contributed by atoms with Crippen molar-refractivity contribution in [2.24, 2.45) is 0 Å². The standard InChI is InChI=1S/C23H20N2O4/c1-15-8-3-4-11-19(15)23(28)25-21-13-6-5-12-20(21)24-22(27)17-9-7-10-18(14-17)29-16(2)26/h3-14H,1-2H3,(H,24,27)(H,25,28). The van der Waals surface area contributed by atoms with Crippen molar-refractivity contribution in [1.82, 2.24) is 0 Å².